The number of ether oxygens (including phenoxy) is 3. The highest BCUT2D eigenvalue weighted by atomic mass is 16.5. The van der Waals surface area contributed by atoms with Crippen LogP contribution in [0.2, 0.25) is 0 Å². The van der Waals surface area contributed by atoms with Crippen molar-refractivity contribution in [3.05, 3.63) is 59.7 Å². The molecule has 2 aromatic rings. The highest BCUT2D eigenvalue weighted by Gasteiger charge is 2.62. The van der Waals surface area contributed by atoms with Gasteiger partial charge in [-0.15, -0.1) is 0 Å². The number of carbonyl (C=O) groups excluding carboxylic acids is 2. The average Bonchev–Trinajstić information content (AvgIpc) is 3.03. The molecule has 3 aliphatic heterocycles. The van der Waals surface area contributed by atoms with Crippen LogP contribution in [-0.2, 0) is 14.3 Å². The maximum Gasteiger partial charge on any atom is 0.169 e. The van der Waals surface area contributed by atoms with E-state index in [1.807, 2.05) is 45.0 Å². The Morgan fingerprint density at radius 1 is 1.00 bits per heavy atom. The third kappa shape index (κ3) is 6.52. The molecule has 1 N–H and O–H groups in total. The first-order valence-electron chi connectivity index (χ1n) is 17.7. The van der Waals surface area contributed by atoms with Crippen LogP contribution in [-0.4, -0.2) is 61.8 Å². The maximum atomic E-state index is 15.3. The van der Waals surface area contributed by atoms with E-state index in [-0.39, 0.29) is 41.3 Å². The third-order valence-corrected chi connectivity index (χ3v) is 11.3. The number of nitrogens with zero attached hydrogens (tertiary/aromatic N) is 1. The van der Waals surface area contributed by atoms with Crippen LogP contribution < -0.4 is 15.0 Å². The van der Waals surface area contributed by atoms with Gasteiger partial charge in [-0.2, -0.15) is 0 Å². The molecule has 6 rings (SSSR count). The topological polar surface area (TPSA) is 77.1 Å². The zero-order valence-corrected chi connectivity index (χ0v) is 28.6. The Labute approximate surface area is 275 Å². The second kappa shape index (κ2) is 13.4. The lowest BCUT2D eigenvalue weighted by Gasteiger charge is -2.60. The SMILES string of the molecule is Cc1cc(C(=O)C2(C3CN(c4ccccc4)C(OC(C)C)CC34CC(=O)CCO4)CCC3(CCCNC3)CC2)ccc1OC(C)C. The van der Waals surface area contributed by atoms with E-state index in [1.54, 1.807) is 0 Å². The lowest BCUT2D eigenvalue weighted by molar-refractivity contribution is -0.191. The number of rotatable bonds is 8. The van der Waals surface area contributed by atoms with Gasteiger partial charge in [0.2, 0.25) is 0 Å². The predicted molar refractivity (Wildman–Crippen MR) is 182 cm³/mol. The van der Waals surface area contributed by atoms with E-state index < -0.39 is 11.0 Å². The number of ketones is 2. The Morgan fingerprint density at radius 3 is 2.39 bits per heavy atom. The number of Topliss-reactive ketones (excluding diaryl/α,β-unsaturated/α-hetero) is 2. The van der Waals surface area contributed by atoms with Crippen LogP contribution >= 0.6 is 0 Å². The fourth-order valence-electron chi connectivity index (χ4n) is 9.11. The first-order chi connectivity index (χ1) is 22.0. The average molecular weight is 631 g/mol. The zero-order chi connectivity index (χ0) is 32.5. The summed E-state index contributed by atoms with van der Waals surface area (Å²) in [5.41, 5.74) is 1.56. The Kier molecular flexibility index (Phi) is 9.67. The number of hydrogen-bond donors (Lipinski definition) is 1. The number of nitrogens with one attached hydrogen (secondary N) is 1. The largest absolute Gasteiger partial charge is 0.491 e. The molecular weight excluding hydrogens is 576 g/mol. The van der Waals surface area contributed by atoms with E-state index in [1.165, 1.54) is 12.8 Å². The van der Waals surface area contributed by atoms with Gasteiger partial charge in [-0.25, -0.2) is 0 Å². The Balaban J connectivity index is 1.46. The van der Waals surface area contributed by atoms with Crippen molar-refractivity contribution in [1.82, 2.24) is 5.32 Å². The quantitative estimate of drug-likeness (QED) is 0.307. The molecule has 3 saturated heterocycles. The van der Waals surface area contributed by atoms with E-state index in [0.717, 1.165) is 61.3 Å². The molecule has 0 aromatic heterocycles. The Bertz CT molecular complexity index is 1370. The minimum absolute atomic E-state index is 0.00239. The van der Waals surface area contributed by atoms with Gasteiger partial charge in [-0.1, -0.05) is 18.2 Å². The van der Waals surface area contributed by atoms with E-state index in [9.17, 15) is 4.79 Å². The highest BCUT2D eigenvalue weighted by Crippen LogP contribution is 2.59. The van der Waals surface area contributed by atoms with Crippen molar-refractivity contribution in [3.8, 4) is 5.75 Å². The summed E-state index contributed by atoms with van der Waals surface area (Å²) >= 11 is 0. The van der Waals surface area contributed by atoms with Crippen LogP contribution in [0.15, 0.2) is 48.5 Å². The maximum absolute atomic E-state index is 15.3. The molecule has 4 fully saturated rings. The lowest BCUT2D eigenvalue weighted by atomic mass is 9.51. The van der Waals surface area contributed by atoms with Crippen molar-refractivity contribution in [3.63, 3.8) is 0 Å². The molecule has 0 amide bonds. The van der Waals surface area contributed by atoms with Crippen molar-refractivity contribution in [2.45, 2.75) is 116 Å². The van der Waals surface area contributed by atoms with Crippen LogP contribution in [0, 0.1) is 23.7 Å². The molecule has 0 radical (unpaired) electrons. The van der Waals surface area contributed by atoms with Crippen LogP contribution in [0.1, 0.15) is 101 Å². The smallest absolute Gasteiger partial charge is 0.169 e. The zero-order valence-electron chi connectivity index (χ0n) is 28.6. The van der Waals surface area contributed by atoms with Crippen molar-refractivity contribution < 1.29 is 23.8 Å². The van der Waals surface area contributed by atoms with Crippen LogP contribution in [0.25, 0.3) is 0 Å². The summed E-state index contributed by atoms with van der Waals surface area (Å²) in [5.74, 6) is 1.05. The van der Waals surface area contributed by atoms with Gasteiger partial charge < -0.3 is 24.4 Å². The van der Waals surface area contributed by atoms with Crippen molar-refractivity contribution >= 4 is 17.3 Å². The van der Waals surface area contributed by atoms with Gasteiger partial charge in [0.15, 0.2) is 5.78 Å². The number of carbonyl (C=O) groups is 2. The molecule has 7 nitrogen and oxygen atoms in total. The van der Waals surface area contributed by atoms with Gasteiger partial charge in [0.1, 0.15) is 17.8 Å². The minimum Gasteiger partial charge on any atom is -0.491 e. The van der Waals surface area contributed by atoms with Gasteiger partial charge in [0.25, 0.3) is 0 Å². The van der Waals surface area contributed by atoms with Gasteiger partial charge in [-0.3, -0.25) is 9.59 Å². The van der Waals surface area contributed by atoms with Crippen molar-refractivity contribution in [2.75, 3.05) is 31.1 Å². The molecule has 4 aliphatic rings. The van der Waals surface area contributed by atoms with Gasteiger partial charge >= 0.3 is 0 Å². The molecule has 0 bridgehead atoms. The monoisotopic (exact) mass is 630 g/mol. The third-order valence-electron chi connectivity index (χ3n) is 11.3. The summed E-state index contributed by atoms with van der Waals surface area (Å²) in [7, 11) is 0. The van der Waals surface area contributed by atoms with Crippen molar-refractivity contribution in [2.24, 2.45) is 16.7 Å². The molecule has 250 valence electrons. The molecule has 7 heteroatoms. The number of aryl methyl sites for hydroxylation is 1. The van der Waals surface area contributed by atoms with Crippen LogP contribution in [0.3, 0.4) is 0 Å². The highest BCUT2D eigenvalue weighted by molar-refractivity contribution is 6.01. The van der Waals surface area contributed by atoms with E-state index in [2.05, 4.69) is 48.3 Å². The minimum atomic E-state index is -0.763. The second-order valence-corrected chi connectivity index (χ2v) is 15.2. The molecule has 46 heavy (non-hydrogen) atoms. The summed E-state index contributed by atoms with van der Waals surface area (Å²) in [6.45, 7) is 13.3. The second-order valence-electron chi connectivity index (χ2n) is 15.2. The van der Waals surface area contributed by atoms with E-state index in [0.29, 0.717) is 32.4 Å². The lowest BCUT2D eigenvalue weighted by Crippen LogP contribution is -2.67. The normalized spacial score (nSPS) is 32.0. The molecular formula is C39H54N2O5. The van der Waals surface area contributed by atoms with Crippen LogP contribution in [0.5, 0.6) is 5.75 Å². The Morgan fingerprint density at radius 2 is 1.76 bits per heavy atom. The van der Waals surface area contributed by atoms with Gasteiger partial charge in [0, 0.05) is 54.9 Å². The van der Waals surface area contributed by atoms with Crippen LogP contribution in [0.4, 0.5) is 5.69 Å². The Hall–Kier alpha value is -2.74. The number of hydrogen-bond acceptors (Lipinski definition) is 7. The van der Waals surface area contributed by atoms with E-state index >= 15 is 4.79 Å². The fraction of sp³-hybridized carbons (Fsp3) is 0.641. The molecule has 2 aromatic carbocycles. The van der Waals surface area contributed by atoms with Gasteiger partial charge in [0.05, 0.1) is 24.4 Å². The number of anilines is 1. The first-order valence-corrected chi connectivity index (χ1v) is 17.7. The molecule has 3 atom stereocenters. The summed E-state index contributed by atoms with van der Waals surface area (Å²) in [4.78, 5) is 31.1. The fourth-order valence-corrected chi connectivity index (χ4v) is 9.11. The van der Waals surface area contributed by atoms with Gasteiger partial charge in [-0.05, 0) is 121 Å². The molecule has 3 heterocycles. The summed E-state index contributed by atoms with van der Waals surface area (Å²) in [5, 5.41) is 3.66. The van der Waals surface area contributed by atoms with Crippen molar-refractivity contribution in [1.29, 1.82) is 0 Å². The first kappa shape index (κ1) is 33.2. The number of para-hydroxylation sites is 1. The number of benzene rings is 2. The summed E-state index contributed by atoms with van der Waals surface area (Å²) in [6, 6.07) is 16.4. The standard InChI is InChI=1S/C39H54N2O5/c1-27(2)45-33-13-12-30(22-29(33)5)36(43)38(18-16-37(17-19-38)15-9-20-40-26-37)34-25-41(31-10-7-6-8-11-31)35(46-28(3)4)24-39(34)23-32(42)14-21-44-39/h6-8,10-13,22,27-28,34-35,40H,9,14-21,23-26H2,1-5H3. The number of piperidine rings is 2. The summed E-state index contributed by atoms with van der Waals surface area (Å²) < 4.78 is 19.5. The molecule has 1 aliphatic carbocycles. The molecule has 3 unspecified atom stereocenters. The predicted octanol–water partition coefficient (Wildman–Crippen LogP) is 7.29. The molecule has 2 spiro atoms. The van der Waals surface area contributed by atoms with E-state index in [4.69, 9.17) is 14.2 Å². The molecule has 1 saturated carbocycles. The summed E-state index contributed by atoms with van der Waals surface area (Å²) in [6.07, 6.45) is 7.07.